The lowest BCUT2D eigenvalue weighted by molar-refractivity contribution is -0.139. The van der Waals surface area contributed by atoms with Crippen LogP contribution in [0.4, 0.5) is 32.0 Å². The van der Waals surface area contributed by atoms with Crippen molar-refractivity contribution >= 4 is 34.1 Å². The van der Waals surface area contributed by atoms with Gasteiger partial charge in [0, 0.05) is 48.2 Å². The SMILES string of the molecule is Cc1c(-c2ccc(CC(NC(=O)c3c(F)cc(NC(C)C(F)(F)F)cc3F)C(=O)O)n3ccnc23)c(=O)n(C)c2ccc(F)cc12. The Morgan fingerprint density at radius 1 is 1.04 bits per heavy atom. The van der Waals surface area contributed by atoms with Crippen LogP contribution in [0, 0.1) is 24.4 Å². The third-order valence-corrected chi connectivity index (χ3v) is 7.68. The van der Waals surface area contributed by atoms with Crippen molar-refractivity contribution in [2.45, 2.75) is 38.5 Å². The van der Waals surface area contributed by atoms with Gasteiger partial charge in [-0.05, 0) is 61.9 Å². The molecule has 2 aromatic carbocycles. The normalized spacial score (nSPS) is 13.2. The van der Waals surface area contributed by atoms with Crippen LogP contribution < -0.4 is 16.2 Å². The van der Waals surface area contributed by atoms with E-state index in [1.54, 1.807) is 14.0 Å². The Morgan fingerprint density at radius 2 is 1.72 bits per heavy atom. The van der Waals surface area contributed by atoms with Gasteiger partial charge in [-0.15, -0.1) is 0 Å². The number of nitrogens with one attached hydrogen (secondary N) is 2. The lowest BCUT2D eigenvalue weighted by atomic mass is 9.98. The highest BCUT2D eigenvalue weighted by atomic mass is 19.4. The maximum absolute atomic E-state index is 14.7. The minimum absolute atomic E-state index is 0.236. The second kappa shape index (κ2) is 11.9. The molecule has 0 saturated carbocycles. The number of halogens is 6. The average Bonchev–Trinajstić information content (AvgIpc) is 3.46. The van der Waals surface area contributed by atoms with Crippen molar-refractivity contribution in [3.05, 3.63) is 99.5 Å². The third kappa shape index (κ3) is 5.87. The standard InChI is InChI=1S/C31H25F6N5O4/c1-14-20-10-16(32)4-7-24(20)41(3)29(44)25(14)19-6-5-18(42-9-8-38-27(19)42)13-23(30(45)46)40-28(43)26-21(33)11-17(12-22(26)34)39-15(2)31(35,36)37/h4-12,15,23,39H,13H2,1-3H3,(H,40,43)(H,45,46). The fourth-order valence-electron chi connectivity index (χ4n) is 5.27. The number of aliphatic carboxylic acids is 1. The molecule has 2 atom stereocenters. The Morgan fingerprint density at radius 3 is 2.35 bits per heavy atom. The van der Waals surface area contributed by atoms with E-state index in [2.05, 4.69) is 10.3 Å². The van der Waals surface area contributed by atoms with Crippen LogP contribution in [0.25, 0.3) is 27.7 Å². The van der Waals surface area contributed by atoms with Crippen LogP contribution in [0.15, 0.2) is 59.7 Å². The predicted octanol–water partition coefficient (Wildman–Crippen LogP) is 5.37. The number of nitrogens with zero attached hydrogens (tertiary/aromatic N) is 3. The smallest absolute Gasteiger partial charge is 0.408 e. The number of fused-ring (bicyclic) bond motifs is 2. The van der Waals surface area contributed by atoms with Crippen molar-refractivity contribution in [2.24, 2.45) is 7.05 Å². The molecule has 0 spiro atoms. The first kappa shape index (κ1) is 32.1. The minimum atomic E-state index is -4.71. The molecule has 0 radical (unpaired) electrons. The van der Waals surface area contributed by atoms with E-state index in [0.29, 0.717) is 34.2 Å². The molecule has 5 rings (SSSR count). The van der Waals surface area contributed by atoms with E-state index in [-0.39, 0.29) is 22.5 Å². The number of carboxylic acid groups (broad SMARTS) is 1. The quantitative estimate of drug-likeness (QED) is 0.196. The van der Waals surface area contributed by atoms with Gasteiger partial charge in [0.05, 0.1) is 11.1 Å². The molecule has 3 heterocycles. The van der Waals surface area contributed by atoms with E-state index in [4.69, 9.17) is 0 Å². The fourth-order valence-corrected chi connectivity index (χ4v) is 5.27. The first-order chi connectivity index (χ1) is 21.6. The van der Waals surface area contributed by atoms with Gasteiger partial charge in [0.15, 0.2) is 0 Å². The van der Waals surface area contributed by atoms with Gasteiger partial charge in [-0.25, -0.2) is 22.9 Å². The summed E-state index contributed by atoms with van der Waals surface area (Å²) in [4.78, 5) is 42.7. The maximum Gasteiger partial charge on any atom is 0.408 e. The first-order valence-corrected chi connectivity index (χ1v) is 13.7. The molecule has 0 aliphatic carbocycles. The Bertz CT molecular complexity index is 2070. The van der Waals surface area contributed by atoms with Gasteiger partial charge in [0.2, 0.25) is 0 Å². The predicted molar refractivity (Wildman–Crippen MR) is 156 cm³/mol. The summed E-state index contributed by atoms with van der Waals surface area (Å²) in [6.45, 7) is 2.40. The molecule has 0 fully saturated rings. The summed E-state index contributed by atoms with van der Waals surface area (Å²) in [6.07, 6.45) is -2.22. The number of hydrogen-bond acceptors (Lipinski definition) is 5. The van der Waals surface area contributed by atoms with Gasteiger partial charge in [0.25, 0.3) is 11.5 Å². The second-order valence-corrected chi connectivity index (χ2v) is 10.7. The maximum atomic E-state index is 14.7. The van der Waals surface area contributed by atoms with Crippen molar-refractivity contribution < 1.29 is 41.0 Å². The molecule has 3 aromatic heterocycles. The van der Waals surface area contributed by atoms with Gasteiger partial charge in [-0.2, -0.15) is 13.2 Å². The monoisotopic (exact) mass is 645 g/mol. The summed E-state index contributed by atoms with van der Waals surface area (Å²) in [7, 11) is 1.54. The molecule has 15 heteroatoms. The number of benzene rings is 2. The topological polar surface area (TPSA) is 118 Å². The summed E-state index contributed by atoms with van der Waals surface area (Å²) < 4.78 is 85.0. The summed E-state index contributed by atoms with van der Waals surface area (Å²) in [5, 5.41) is 14.3. The highest BCUT2D eigenvalue weighted by molar-refractivity contribution is 5.97. The van der Waals surface area contributed by atoms with Crippen LogP contribution in [0.3, 0.4) is 0 Å². The van der Waals surface area contributed by atoms with Crippen LogP contribution in [0.5, 0.6) is 0 Å². The molecule has 2 unspecified atom stereocenters. The molecule has 46 heavy (non-hydrogen) atoms. The molecular weight excluding hydrogens is 620 g/mol. The number of carbonyl (C=O) groups is 2. The lowest BCUT2D eigenvalue weighted by Gasteiger charge is -2.20. The zero-order valence-electron chi connectivity index (χ0n) is 24.3. The Balaban J connectivity index is 1.46. The van der Waals surface area contributed by atoms with E-state index in [1.807, 2.05) is 5.32 Å². The number of hydrogen-bond donors (Lipinski definition) is 3. The zero-order chi connectivity index (χ0) is 33.7. The molecule has 0 aliphatic rings. The molecule has 1 amide bonds. The first-order valence-electron chi connectivity index (χ1n) is 13.7. The Kier molecular flexibility index (Phi) is 8.28. The van der Waals surface area contributed by atoms with Gasteiger partial charge >= 0.3 is 12.1 Å². The number of carbonyl (C=O) groups excluding carboxylic acids is 1. The fraction of sp³-hybridized carbons (Fsp3) is 0.226. The Labute approximate surface area is 256 Å². The summed E-state index contributed by atoms with van der Waals surface area (Å²) in [6, 6.07) is 4.19. The van der Waals surface area contributed by atoms with E-state index in [1.165, 1.54) is 51.7 Å². The van der Waals surface area contributed by atoms with Crippen LogP contribution in [0.1, 0.15) is 28.5 Å². The van der Waals surface area contributed by atoms with Crippen LogP contribution in [0.2, 0.25) is 0 Å². The number of carboxylic acids is 1. The summed E-state index contributed by atoms with van der Waals surface area (Å²) in [5.74, 6) is -6.50. The van der Waals surface area contributed by atoms with Crippen molar-refractivity contribution in [1.29, 1.82) is 0 Å². The number of imidazole rings is 1. The second-order valence-electron chi connectivity index (χ2n) is 10.7. The van der Waals surface area contributed by atoms with Crippen molar-refractivity contribution in [3.63, 3.8) is 0 Å². The number of anilines is 1. The molecule has 0 saturated heterocycles. The number of aryl methyl sites for hydroxylation is 2. The van der Waals surface area contributed by atoms with Gasteiger partial charge in [0.1, 0.15) is 40.7 Å². The highest BCUT2D eigenvalue weighted by Crippen LogP contribution is 2.30. The van der Waals surface area contributed by atoms with Crippen LogP contribution in [-0.2, 0) is 18.3 Å². The number of amides is 1. The molecule has 3 N–H and O–H groups in total. The third-order valence-electron chi connectivity index (χ3n) is 7.68. The molecule has 9 nitrogen and oxygen atoms in total. The number of rotatable bonds is 8. The lowest BCUT2D eigenvalue weighted by Crippen LogP contribution is -2.43. The van der Waals surface area contributed by atoms with Gasteiger partial charge in [-0.3, -0.25) is 9.59 Å². The largest absolute Gasteiger partial charge is 0.480 e. The Hall–Kier alpha value is -5.34. The number of alkyl halides is 3. The number of pyridine rings is 2. The van der Waals surface area contributed by atoms with E-state index in [0.717, 1.165) is 6.92 Å². The molecule has 5 aromatic rings. The molecular formula is C31H25F6N5O4. The molecule has 0 aliphatic heterocycles. The van der Waals surface area contributed by atoms with Crippen LogP contribution >= 0.6 is 0 Å². The molecule has 0 bridgehead atoms. The minimum Gasteiger partial charge on any atom is -0.480 e. The van der Waals surface area contributed by atoms with E-state index >= 15 is 0 Å². The summed E-state index contributed by atoms with van der Waals surface area (Å²) >= 11 is 0. The van der Waals surface area contributed by atoms with Crippen molar-refractivity contribution in [3.8, 4) is 11.1 Å². The van der Waals surface area contributed by atoms with Crippen molar-refractivity contribution in [1.82, 2.24) is 19.3 Å². The van der Waals surface area contributed by atoms with Gasteiger partial charge in [-0.1, -0.05) is 0 Å². The van der Waals surface area contributed by atoms with Crippen molar-refractivity contribution in [2.75, 3.05) is 5.32 Å². The molecule has 240 valence electrons. The highest BCUT2D eigenvalue weighted by Gasteiger charge is 2.36. The average molecular weight is 646 g/mol. The van der Waals surface area contributed by atoms with E-state index < -0.39 is 65.3 Å². The van der Waals surface area contributed by atoms with Crippen LogP contribution in [-0.4, -0.2) is 49.2 Å². The zero-order valence-corrected chi connectivity index (χ0v) is 24.3. The summed E-state index contributed by atoms with van der Waals surface area (Å²) in [5.41, 5.74) is -0.00455. The van der Waals surface area contributed by atoms with Gasteiger partial charge < -0.3 is 24.7 Å². The number of aromatic nitrogens is 3. The van der Waals surface area contributed by atoms with E-state index in [9.17, 15) is 45.8 Å².